The molecule has 2 heteroatoms. The van der Waals surface area contributed by atoms with Crippen molar-refractivity contribution >= 4 is 11.8 Å². The maximum absolute atomic E-state index is 3.68. The summed E-state index contributed by atoms with van der Waals surface area (Å²) in [6, 6.07) is 6.61. The Hall–Kier alpha value is -0.470. The molecule has 0 saturated heterocycles. The monoisotopic (exact) mass is 263 g/mol. The van der Waals surface area contributed by atoms with Crippen LogP contribution in [0.2, 0.25) is 0 Å². The van der Waals surface area contributed by atoms with Crippen molar-refractivity contribution in [3.63, 3.8) is 0 Å². The molecule has 1 aliphatic carbocycles. The van der Waals surface area contributed by atoms with Gasteiger partial charge in [0.25, 0.3) is 0 Å². The van der Waals surface area contributed by atoms with Crippen LogP contribution in [-0.4, -0.2) is 17.5 Å². The fraction of sp³-hybridized carbons (Fsp3) is 0.625. The molecule has 0 atom stereocenters. The summed E-state index contributed by atoms with van der Waals surface area (Å²) in [5.74, 6) is 0. The molecule has 1 saturated carbocycles. The van der Waals surface area contributed by atoms with Crippen LogP contribution in [0.3, 0.4) is 0 Å². The van der Waals surface area contributed by atoms with Gasteiger partial charge in [0.2, 0.25) is 0 Å². The zero-order valence-corrected chi connectivity index (χ0v) is 12.7. The lowest BCUT2D eigenvalue weighted by atomic mass is 10.0. The van der Waals surface area contributed by atoms with Crippen molar-refractivity contribution in [2.45, 2.75) is 50.8 Å². The van der Waals surface area contributed by atoms with Crippen molar-refractivity contribution in [2.24, 2.45) is 0 Å². The van der Waals surface area contributed by atoms with E-state index in [2.05, 4.69) is 55.4 Å². The highest BCUT2D eigenvalue weighted by Gasteiger charge is 2.32. The van der Waals surface area contributed by atoms with E-state index in [1.165, 1.54) is 42.4 Å². The smallest absolute Gasteiger partial charge is 0.0281 e. The van der Waals surface area contributed by atoms with Crippen LogP contribution in [0.15, 0.2) is 18.2 Å². The second-order valence-electron chi connectivity index (χ2n) is 5.56. The average Bonchev–Trinajstić information content (AvgIpc) is 2.84. The molecular weight excluding hydrogens is 238 g/mol. The molecule has 100 valence electrons. The van der Waals surface area contributed by atoms with Gasteiger partial charge in [-0.25, -0.2) is 0 Å². The molecule has 1 N–H and O–H groups in total. The molecule has 0 aromatic heterocycles. The number of benzene rings is 1. The second-order valence-corrected chi connectivity index (χ2v) is 6.83. The summed E-state index contributed by atoms with van der Waals surface area (Å²) >= 11 is 2.06. The summed E-state index contributed by atoms with van der Waals surface area (Å²) in [6.45, 7) is 6.59. The van der Waals surface area contributed by atoms with Gasteiger partial charge < -0.3 is 5.32 Å². The maximum Gasteiger partial charge on any atom is 0.0281 e. The Morgan fingerprint density at radius 1 is 1.22 bits per heavy atom. The first-order valence-corrected chi connectivity index (χ1v) is 8.20. The normalized spacial score (nSPS) is 18.2. The van der Waals surface area contributed by atoms with Crippen molar-refractivity contribution in [2.75, 3.05) is 12.8 Å². The number of hydrogen-bond donors (Lipinski definition) is 1. The topological polar surface area (TPSA) is 12.0 Å². The molecule has 1 nitrogen and oxygen atoms in total. The second kappa shape index (κ2) is 6.12. The third-order valence-electron chi connectivity index (χ3n) is 4.43. The lowest BCUT2D eigenvalue weighted by molar-refractivity contribution is 0.533. The number of hydrogen-bond acceptors (Lipinski definition) is 2. The predicted molar refractivity (Wildman–Crippen MR) is 82.3 cm³/mol. The summed E-state index contributed by atoms with van der Waals surface area (Å²) in [5, 5.41) is 3.68. The van der Waals surface area contributed by atoms with Crippen molar-refractivity contribution in [1.29, 1.82) is 0 Å². The van der Waals surface area contributed by atoms with E-state index in [1.807, 2.05) is 0 Å². The van der Waals surface area contributed by atoms with Crippen LogP contribution >= 0.6 is 11.8 Å². The van der Waals surface area contributed by atoms with Gasteiger partial charge in [0.1, 0.15) is 0 Å². The molecule has 0 spiro atoms. The van der Waals surface area contributed by atoms with Crippen LogP contribution in [0.4, 0.5) is 0 Å². The predicted octanol–water partition coefficient (Wildman–Crippen LogP) is 4.07. The van der Waals surface area contributed by atoms with Gasteiger partial charge in [-0.15, -0.1) is 0 Å². The van der Waals surface area contributed by atoms with Gasteiger partial charge in [0.05, 0.1) is 0 Å². The van der Waals surface area contributed by atoms with Crippen LogP contribution in [0.5, 0.6) is 0 Å². The molecule has 1 aliphatic rings. The highest BCUT2D eigenvalue weighted by molar-refractivity contribution is 8.00. The van der Waals surface area contributed by atoms with Crippen LogP contribution in [0.1, 0.15) is 42.4 Å². The first-order chi connectivity index (χ1) is 8.67. The highest BCUT2D eigenvalue weighted by atomic mass is 32.2. The van der Waals surface area contributed by atoms with E-state index in [0.29, 0.717) is 4.75 Å². The third kappa shape index (κ3) is 3.10. The molecule has 2 rings (SSSR count). The lowest BCUT2D eigenvalue weighted by Crippen LogP contribution is -2.34. The molecule has 0 unspecified atom stereocenters. The molecule has 1 aromatic carbocycles. The zero-order chi connectivity index (χ0) is 13.0. The minimum Gasteiger partial charge on any atom is -0.311 e. The zero-order valence-electron chi connectivity index (χ0n) is 11.9. The van der Waals surface area contributed by atoms with Crippen LogP contribution in [0.25, 0.3) is 0 Å². The van der Waals surface area contributed by atoms with Gasteiger partial charge in [-0.1, -0.05) is 31.0 Å². The number of aryl methyl sites for hydroxylation is 1. The lowest BCUT2D eigenvalue weighted by Gasteiger charge is -2.27. The quantitative estimate of drug-likeness (QED) is 0.859. The van der Waals surface area contributed by atoms with Crippen molar-refractivity contribution in [1.82, 2.24) is 5.32 Å². The number of rotatable bonds is 5. The summed E-state index contributed by atoms with van der Waals surface area (Å²) in [5.41, 5.74) is 4.29. The fourth-order valence-corrected chi connectivity index (χ4v) is 3.84. The Kier molecular flexibility index (Phi) is 4.74. The van der Waals surface area contributed by atoms with Crippen LogP contribution in [-0.2, 0) is 6.54 Å². The van der Waals surface area contributed by atoms with Crippen molar-refractivity contribution in [3.05, 3.63) is 34.9 Å². The van der Waals surface area contributed by atoms with E-state index in [1.54, 1.807) is 0 Å². The van der Waals surface area contributed by atoms with E-state index >= 15 is 0 Å². The maximum atomic E-state index is 3.68. The largest absolute Gasteiger partial charge is 0.311 e. The van der Waals surface area contributed by atoms with Crippen molar-refractivity contribution < 1.29 is 0 Å². The van der Waals surface area contributed by atoms with Gasteiger partial charge in [-0.3, -0.25) is 0 Å². The van der Waals surface area contributed by atoms with Gasteiger partial charge in [0, 0.05) is 17.8 Å². The minimum atomic E-state index is 0.512. The van der Waals surface area contributed by atoms with Gasteiger partial charge >= 0.3 is 0 Å². The van der Waals surface area contributed by atoms with Gasteiger partial charge in [0.15, 0.2) is 0 Å². The number of thioether (sulfide) groups is 1. The summed E-state index contributed by atoms with van der Waals surface area (Å²) in [6.07, 6.45) is 7.85. The summed E-state index contributed by atoms with van der Waals surface area (Å²) in [4.78, 5) is 0. The van der Waals surface area contributed by atoms with Crippen molar-refractivity contribution in [3.8, 4) is 0 Å². The van der Waals surface area contributed by atoms with E-state index in [0.717, 1.165) is 13.1 Å². The Bertz CT molecular complexity index is 394. The Morgan fingerprint density at radius 3 is 2.61 bits per heavy atom. The van der Waals surface area contributed by atoms with E-state index in [9.17, 15) is 0 Å². The minimum absolute atomic E-state index is 0.512. The Morgan fingerprint density at radius 2 is 1.94 bits per heavy atom. The van der Waals surface area contributed by atoms with E-state index in [-0.39, 0.29) is 0 Å². The summed E-state index contributed by atoms with van der Waals surface area (Å²) in [7, 11) is 0. The molecule has 0 amide bonds. The number of nitrogens with one attached hydrogen (secondary N) is 1. The van der Waals surface area contributed by atoms with E-state index < -0.39 is 0 Å². The molecule has 1 fully saturated rings. The molecular formula is C16H25NS. The van der Waals surface area contributed by atoms with Gasteiger partial charge in [-0.2, -0.15) is 11.8 Å². The molecule has 0 aliphatic heterocycles. The molecule has 0 heterocycles. The fourth-order valence-electron chi connectivity index (χ4n) is 2.90. The third-order valence-corrected chi connectivity index (χ3v) is 5.85. The van der Waals surface area contributed by atoms with Crippen LogP contribution < -0.4 is 5.32 Å². The average molecular weight is 263 g/mol. The summed E-state index contributed by atoms with van der Waals surface area (Å²) < 4.78 is 0.512. The Labute approximate surface area is 116 Å². The first kappa shape index (κ1) is 14.0. The SMILES string of the molecule is CSC1(CNCc2cccc(C)c2C)CCCC1. The van der Waals surface area contributed by atoms with Crippen LogP contribution in [0, 0.1) is 13.8 Å². The molecule has 0 radical (unpaired) electrons. The van der Waals surface area contributed by atoms with Gasteiger partial charge in [-0.05, 0) is 49.6 Å². The molecule has 18 heavy (non-hydrogen) atoms. The molecule has 1 aromatic rings. The molecule has 0 bridgehead atoms. The first-order valence-electron chi connectivity index (χ1n) is 6.98. The standard InChI is InChI=1S/C16H25NS/c1-13-7-6-8-15(14(13)2)11-17-12-16(18-3)9-4-5-10-16/h6-8,17H,4-5,9-12H2,1-3H3. The van der Waals surface area contributed by atoms with E-state index in [4.69, 9.17) is 0 Å². The highest BCUT2D eigenvalue weighted by Crippen LogP contribution is 2.39. The Balaban J connectivity index is 1.90.